The van der Waals surface area contributed by atoms with Crippen molar-refractivity contribution in [3.8, 4) is 0 Å². The predicted molar refractivity (Wildman–Crippen MR) is 51.3 cm³/mol. The first-order chi connectivity index (χ1) is 5.25. The van der Waals surface area contributed by atoms with Crippen LogP contribution in [0.1, 0.15) is 38.5 Å². The molecular weight excluding hydrogens is 253 g/mol. The van der Waals surface area contributed by atoms with Gasteiger partial charge in [0.2, 0.25) is 5.91 Å². The monoisotopic (exact) mass is 265 g/mol. The van der Waals surface area contributed by atoms with Crippen LogP contribution in [0.25, 0.3) is 0 Å². The van der Waals surface area contributed by atoms with Gasteiger partial charge in [-0.1, -0.05) is 12.8 Å². The van der Waals surface area contributed by atoms with Crippen molar-refractivity contribution in [2.45, 2.75) is 44.1 Å². The van der Waals surface area contributed by atoms with Crippen LogP contribution in [-0.4, -0.2) is 14.6 Å². The van der Waals surface area contributed by atoms with Crippen LogP contribution < -0.4 is 0 Å². The van der Waals surface area contributed by atoms with Crippen molar-refractivity contribution in [3.05, 3.63) is 0 Å². The van der Waals surface area contributed by atoms with E-state index in [4.69, 9.17) is 0 Å². The fourth-order valence-electron chi connectivity index (χ4n) is 2.28. The average Bonchev–Trinajstić information content (AvgIpc) is 2.56. The van der Waals surface area contributed by atoms with Crippen molar-refractivity contribution in [2.24, 2.45) is 0 Å². The Morgan fingerprint density at radius 3 is 2.36 bits per heavy atom. The van der Waals surface area contributed by atoms with Crippen LogP contribution in [0.4, 0.5) is 0 Å². The summed E-state index contributed by atoms with van der Waals surface area (Å²) in [5.74, 6) is 0.340. The molecule has 2 rings (SSSR count). The molecule has 1 saturated carbocycles. The summed E-state index contributed by atoms with van der Waals surface area (Å²) >= 11 is 2.20. The predicted octanol–water partition coefficient (Wildman–Crippen LogP) is 2.27. The second kappa shape index (κ2) is 2.61. The zero-order valence-electron chi connectivity index (χ0n) is 6.48. The van der Waals surface area contributed by atoms with Gasteiger partial charge in [0.05, 0.1) is 28.4 Å². The van der Waals surface area contributed by atoms with Gasteiger partial charge < -0.3 is 0 Å². The first kappa shape index (κ1) is 7.83. The van der Waals surface area contributed by atoms with Gasteiger partial charge in [0.1, 0.15) is 0 Å². The molecule has 62 valence electrons. The molecule has 0 radical (unpaired) electrons. The highest BCUT2D eigenvalue weighted by Crippen LogP contribution is 2.45. The Kier molecular flexibility index (Phi) is 1.85. The molecule has 0 aromatic carbocycles. The van der Waals surface area contributed by atoms with E-state index in [1.165, 1.54) is 25.7 Å². The lowest BCUT2D eigenvalue weighted by Gasteiger charge is -2.29. The molecule has 1 aliphatic carbocycles. The van der Waals surface area contributed by atoms with Gasteiger partial charge in [0, 0.05) is 6.42 Å². The molecule has 1 saturated heterocycles. The third-order valence-electron chi connectivity index (χ3n) is 2.97. The Balaban J connectivity index is 2.19. The lowest BCUT2D eigenvalue weighted by Crippen LogP contribution is -2.35. The van der Waals surface area contributed by atoms with Gasteiger partial charge >= 0.3 is 0 Å². The van der Waals surface area contributed by atoms with Crippen LogP contribution in [0.15, 0.2) is 0 Å². The van der Waals surface area contributed by atoms with Crippen LogP contribution in [0.3, 0.4) is 0 Å². The van der Waals surface area contributed by atoms with Gasteiger partial charge in [-0.2, -0.15) is 0 Å². The minimum Gasteiger partial charge on any atom is -0.279 e. The quantitative estimate of drug-likeness (QED) is 0.486. The van der Waals surface area contributed by atoms with E-state index in [0.717, 1.165) is 12.8 Å². The van der Waals surface area contributed by atoms with Gasteiger partial charge in [-0.15, -0.1) is 0 Å². The van der Waals surface area contributed by atoms with Crippen molar-refractivity contribution < 1.29 is 4.79 Å². The molecular formula is C8H12INO. The molecule has 2 fully saturated rings. The fraction of sp³-hybridized carbons (Fsp3) is 0.875. The molecule has 1 aliphatic heterocycles. The van der Waals surface area contributed by atoms with E-state index in [1.54, 1.807) is 0 Å². The molecule has 2 nitrogen and oxygen atoms in total. The van der Waals surface area contributed by atoms with E-state index in [2.05, 4.69) is 22.9 Å². The molecule has 2 aliphatic rings. The highest BCUT2D eigenvalue weighted by molar-refractivity contribution is 14.1. The number of amides is 1. The van der Waals surface area contributed by atoms with Crippen LogP contribution in [0.5, 0.6) is 0 Å². The molecule has 0 N–H and O–H groups in total. The van der Waals surface area contributed by atoms with E-state index in [0.29, 0.717) is 5.91 Å². The van der Waals surface area contributed by atoms with Crippen molar-refractivity contribution in [1.82, 2.24) is 3.11 Å². The van der Waals surface area contributed by atoms with Crippen molar-refractivity contribution in [3.63, 3.8) is 0 Å². The summed E-state index contributed by atoms with van der Waals surface area (Å²) in [5, 5.41) is 0. The summed E-state index contributed by atoms with van der Waals surface area (Å²) in [5.41, 5.74) is 0.289. The minimum absolute atomic E-state index is 0.289. The Labute approximate surface area is 80.8 Å². The standard InChI is InChI=1S/C8H12INO/c9-10-7(11)3-6-8(10)4-1-2-5-8/h1-6H2. The van der Waals surface area contributed by atoms with Crippen LogP contribution in [0, 0.1) is 0 Å². The van der Waals surface area contributed by atoms with Crippen molar-refractivity contribution >= 4 is 28.8 Å². The fourth-order valence-corrected chi connectivity index (χ4v) is 3.24. The Bertz CT molecular complexity index is 187. The Morgan fingerprint density at radius 1 is 1.27 bits per heavy atom. The number of carbonyl (C=O) groups excluding carboxylic acids is 1. The summed E-state index contributed by atoms with van der Waals surface area (Å²) in [6.45, 7) is 0. The summed E-state index contributed by atoms with van der Waals surface area (Å²) in [7, 11) is 0. The normalized spacial score (nSPS) is 28.8. The maximum absolute atomic E-state index is 11.3. The summed E-state index contributed by atoms with van der Waals surface area (Å²) in [4.78, 5) is 11.3. The van der Waals surface area contributed by atoms with Crippen LogP contribution in [0.2, 0.25) is 0 Å². The summed E-state index contributed by atoms with van der Waals surface area (Å²) in [6, 6.07) is 0. The molecule has 1 amide bonds. The number of carbonyl (C=O) groups is 1. The molecule has 1 heterocycles. The Morgan fingerprint density at radius 2 is 1.91 bits per heavy atom. The maximum atomic E-state index is 11.3. The van der Waals surface area contributed by atoms with Gasteiger partial charge in [-0.05, 0) is 19.3 Å². The van der Waals surface area contributed by atoms with Gasteiger partial charge in [-0.3, -0.25) is 7.91 Å². The van der Waals surface area contributed by atoms with Gasteiger partial charge in [-0.25, -0.2) is 0 Å². The summed E-state index contributed by atoms with van der Waals surface area (Å²) < 4.78 is 1.97. The van der Waals surface area contributed by atoms with E-state index >= 15 is 0 Å². The van der Waals surface area contributed by atoms with Crippen molar-refractivity contribution in [2.75, 3.05) is 0 Å². The molecule has 3 heteroatoms. The first-order valence-corrected chi connectivity index (χ1v) is 5.20. The Hall–Kier alpha value is 0.200. The number of halogens is 1. The van der Waals surface area contributed by atoms with Crippen LogP contribution in [-0.2, 0) is 4.79 Å². The second-order valence-corrected chi connectivity index (χ2v) is 4.57. The zero-order valence-corrected chi connectivity index (χ0v) is 8.63. The molecule has 1 spiro atoms. The largest absolute Gasteiger partial charge is 0.279 e. The van der Waals surface area contributed by atoms with E-state index < -0.39 is 0 Å². The molecule has 0 unspecified atom stereocenters. The minimum atomic E-state index is 0.289. The van der Waals surface area contributed by atoms with Crippen molar-refractivity contribution in [1.29, 1.82) is 0 Å². The number of rotatable bonds is 0. The first-order valence-electron chi connectivity index (χ1n) is 4.23. The molecule has 0 aromatic rings. The molecule has 11 heavy (non-hydrogen) atoms. The third-order valence-corrected chi connectivity index (χ3v) is 4.54. The molecule has 0 atom stereocenters. The van der Waals surface area contributed by atoms with E-state index in [-0.39, 0.29) is 5.54 Å². The van der Waals surface area contributed by atoms with Gasteiger partial charge in [0.15, 0.2) is 0 Å². The second-order valence-electron chi connectivity index (χ2n) is 3.61. The van der Waals surface area contributed by atoms with Gasteiger partial charge in [0.25, 0.3) is 0 Å². The lowest BCUT2D eigenvalue weighted by atomic mass is 9.96. The number of hydrogen-bond donors (Lipinski definition) is 0. The summed E-state index contributed by atoms with van der Waals surface area (Å²) in [6.07, 6.45) is 6.99. The van der Waals surface area contributed by atoms with Crippen LogP contribution >= 0.6 is 22.9 Å². The third kappa shape index (κ3) is 1.08. The smallest absolute Gasteiger partial charge is 0.231 e. The SMILES string of the molecule is O=C1CCC2(CCCC2)N1I. The highest BCUT2D eigenvalue weighted by Gasteiger charge is 2.45. The number of hydrogen-bond acceptors (Lipinski definition) is 1. The zero-order chi connectivity index (χ0) is 7.90. The average molecular weight is 265 g/mol. The van der Waals surface area contributed by atoms with E-state index in [1.807, 2.05) is 3.11 Å². The lowest BCUT2D eigenvalue weighted by molar-refractivity contribution is -0.124. The van der Waals surface area contributed by atoms with E-state index in [9.17, 15) is 4.79 Å². The molecule has 0 aromatic heterocycles. The number of nitrogens with zero attached hydrogens (tertiary/aromatic N) is 1. The topological polar surface area (TPSA) is 20.3 Å². The maximum Gasteiger partial charge on any atom is 0.231 e. The highest BCUT2D eigenvalue weighted by atomic mass is 127. The molecule has 0 bridgehead atoms.